The van der Waals surface area contributed by atoms with Crippen LogP contribution in [0.2, 0.25) is 0 Å². The van der Waals surface area contributed by atoms with Crippen molar-refractivity contribution in [2.24, 2.45) is 5.92 Å². The van der Waals surface area contributed by atoms with Gasteiger partial charge in [0.2, 0.25) is 0 Å². The molecule has 0 bridgehead atoms. The van der Waals surface area contributed by atoms with Crippen molar-refractivity contribution in [3.63, 3.8) is 0 Å². The van der Waals surface area contributed by atoms with Crippen LogP contribution in [-0.2, 0) is 13.0 Å². The second-order valence-corrected chi connectivity index (χ2v) is 8.51. The van der Waals surface area contributed by atoms with E-state index in [1.54, 1.807) is 0 Å². The van der Waals surface area contributed by atoms with E-state index in [1.807, 2.05) is 0 Å². The molecule has 0 saturated carbocycles. The van der Waals surface area contributed by atoms with Crippen molar-refractivity contribution in [2.45, 2.75) is 52.5 Å². The first kappa shape index (κ1) is 19.8. The lowest BCUT2D eigenvalue weighted by Gasteiger charge is -2.32. The van der Waals surface area contributed by atoms with Crippen LogP contribution in [0.25, 0.3) is 10.9 Å². The van der Waals surface area contributed by atoms with Crippen molar-refractivity contribution in [1.82, 2.24) is 9.47 Å². The summed E-state index contributed by atoms with van der Waals surface area (Å²) in [5.41, 5.74) is 4.61. The predicted molar refractivity (Wildman–Crippen MR) is 120 cm³/mol. The molecular formula is C26H32N2O. The van der Waals surface area contributed by atoms with Gasteiger partial charge in [-0.3, -0.25) is 4.79 Å². The van der Waals surface area contributed by atoms with E-state index in [0.29, 0.717) is 5.92 Å². The molecule has 152 valence electrons. The maximum absolute atomic E-state index is 13.2. The molecule has 0 radical (unpaired) electrons. The highest BCUT2D eigenvalue weighted by atomic mass is 16.2. The monoisotopic (exact) mass is 388 g/mol. The summed E-state index contributed by atoms with van der Waals surface area (Å²) in [7, 11) is 0. The lowest BCUT2D eigenvalue weighted by atomic mass is 9.90. The summed E-state index contributed by atoms with van der Waals surface area (Å²) in [5, 5.41) is 1.18. The summed E-state index contributed by atoms with van der Waals surface area (Å²) in [6.07, 6.45) is 7.84. The van der Waals surface area contributed by atoms with Crippen LogP contribution < -0.4 is 0 Å². The van der Waals surface area contributed by atoms with Gasteiger partial charge in [0.1, 0.15) is 0 Å². The van der Waals surface area contributed by atoms with E-state index in [1.165, 1.54) is 29.3 Å². The molecular weight excluding hydrogens is 356 g/mol. The van der Waals surface area contributed by atoms with Gasteiger partial charge in [-0.2, -0.15) is 0 Å². The van der Waals surface area contributed by atoms with Crippen LogP contribution in [0.15, 0.2) is 54.7 Å². The van der Waals surface area contributed by atoms with Gasteiger partial charge in [-0.05, 0) is 67.9 Å². The smallest absolute Gasteiger partial charge is 0.254 e. The SMILES string of the molecule is CCCCn1ccc2cc(C(=O)N3CCC(Cc4ccccc4)CC3)c(C)cc21. The Morgan fingerprint density at radius 1 is 1.07 bits per heavy atom. The van der Waals surface area contributed by atoms with Crippen molar-refractivity contribution >= 4 is 16.8 Å². The number of aromatic nitrogens is 1. The van der Waals surface area contributed by atoms with Crippen molar-refractivity contribution in [2.75, 3.05) is 13.1 Å². The minimum absolute atomic E-state index is 0.198. The second kappa shape index (κ2) is 8.86. The third-order valence-electron chi connectivity index (χ3n) is 6.37. The van der Waals surface area contributed by atoms with Crippen LogP contribution in [0.1, 0.15) is 54.1 Å². The number of likely N-dealkylation sites (tertiary alicyclic amines) is 1. The average Bonchev–Trinajstić information content (AvgIpc) is 3.14. The van der Waals surface area contributed by atoms with E-state index in [0.717, 1.165) is 50.0 Å². The Balaban J connectivity index is 1.43. The molecule has 1 aliphatic rings. The zero-order chi connectivity index (χ0) is 20.2. The molecule has 1 saturated heterocycles. The molecule has 0 N–H and O–H groups in total. The van der Waals surface area contributed by atoms with E-state index in [9.17, 15) is 4.79 Å². The zero-order valence-corrected chi connectivity index (χ0v) is 17.7. The summed E-state index contributed by atoms with van der Waals surface area (Å²) in [5.74, 6) is 0.876. The number of piperidine rings is 1. The minimum atomic E-state index is 0.198. The number of hydrogen-bond donors (Lipinski definition) is 0. The molecule has 1 aliphatic heterocycles. The molecule has 1 fully saturated rings. The van der Waals surface area contributed by atoms with Crippen LogP contribution in [0.4, 0.5) is 0 Å². The van der Waals surface area contributed by atoms with Gasteiger partial charge in [0.15, 0.2) is 0 Å². The largest absolute Gasteiger partial charge is 0.347 e. The molecule has 1 aromatic heterocycles. The van der Waals surface area contributed by atoms with E-state index < -0.39 is 0 Å². The molecule has 3 aromatic rings. The molecule has 3 heteroatoms. The number of aryl methyl sites for hydroxylation is 2. The Hall–Kier alpha value is -2.55. The normalized spacial score (nSPS) is 15.2. The lowest BCUT2D eigenvalue weighted by Crippen LogP contribution is -2.39. The van der Waals surface area contributed by atoms with Crippen LogP contribution in [0, 0.1) is 12.8 Å². The van der Waals surface area contributed by atoms with Crippen LogP contribution in [-0.4, -0.2) is 28.5 Å². The Morgan fingerprint density at radius 2 is 1.83 bits per heavy atom. The summed E-state index contributed by atoms with van der Waals surface area (Å²) in [6, 6.07) is 17.2. The van der Waals surface area contributed by atoms with Crippen molar-refractivity contribution in [3.05, 3.63) is 71.4 Å². The summed E-state index contributed by atoms with van der Waals surface area (Å²) >= 11 is 0. The standard InChI is InChI=1S/C26H32N2O/c1-3-4-13-27-16-12-23-19-24(20(2)17-25(23)27)26(29)28-14-10-22(11-15-28)18-21-8-6-5-7-9-21/h5-9,12,16-17,19,22H,3-4,10-11,13-15,18H2,1-2H3. The van der Waals surface area contributed by atoms with Crippen molar-refractivity contribution in [3.8, 4) is 0 Å². The number of nitrogens with zero attached hydrogens (tertiary/aromatic N) is 2. The highest BCUT2D eigenvalue weighted by Crippen LogP contribution is 2.26. The van der Waals surface area contributed by atoms with Gasteiger partial charge in [-0.15, -0.1) is 0 Å². The number of unbranched alkanes of at least 4 members (excludes halogenated alkanes) is 1. The van der Waals surface area contributed by atoms with Crippen LogP contribution in [0.5, 0.6) is 0 Å². The third-order valence-corrected chi connectivity index (χ3v) is 6.37. The van der Waals surface area contributed by atoms with Crippen LogP contribution >= 0.6 is 0 Å². The number of fused-ring (bicyclic) bond motifs is 1. The van der Waals surface area contributed by atoms with Gasteiger partial charge in [0, 0.05) is 42.3 Å². The number of amides is 1. The van der Waals surface area contributed by atoms with Gasteiger partial charge in [-0.1, -0.05) is 43.7 Å². The number of rotatable bonds is 6. The number of carbonyl (C=O) groups excluding carboxylic acids is 1. The van der Waals surface area contributed by atoms with Crippen molar-refractivity contribution in [1.29, 1.82) is 0 Å². The first-order chi connectivity index (χ1) is 14.2. The fourth-order valence-corrected chi connectivity index (χ4v) is 4.55. The molecule has 4 rings (SSSR count). The molecule has 0 spiro atoms. The van der Waals surface area contributed by atoms with Gasteiger partial charge in [0.25, 0.3) is 5.91 Å². The highest BCUT2D eigenvalue weighted by molar-refractivity contribution is 5.99. The molecule has 0 atom stereocenters. The first-order valence-electron chi connectivity index (χ1n) is 11.1. The van der Waals surface area contributed by atoms with Gasteiger partial charge in [-0.25, -0.2) is 0 Å². The fraction of sp³-hybridized carbons (Fsp3) is 0.423. The van der Waals surface area contributed by atoms with E-state index in [-0.39, 0.29) is 5.91 Å². The van der Waals surface area contributed by atoms with Crippen molar-refractivity contribution < 1.29 is 4.79 Å². The molecule has 2 aromatic carbocycles. The Labute approximate surface area is 174 Å². The molecule has 3 nitrogen and oxygen atoms in total. The maximum Gasteiger partial charge on any atom is 0.254 e. The Bertz CT molecular complexity index is 965. The average molecular weight is 389 g/mol. The van der Waals surface area contributed by atoms with Crippen LogP contribution in [0.3, 0.4) is 0 Å². The topological polar surface area (TPSA) is 25.2 Å². The molecule has 0 unspecified atom stereocenters. The maximum atomic E-state index is 13.2. The Morgan fingerprint density at radius 3 is 2.55 bits per heavy atom. The summed E-state index contributed by atoms with van der Waals surface area (Å²) in [4.78, 5) is 15.3. The molecule has 0 aliphatic carbocycles. The van der Waals surface area contributed by atoms with E-state index >= 15 is 0 Å². The first-order valence-corrected chi connectivity index (χ1v) is 11.1. The quantitative estimate of drug-likeness (QED) is 0.520. The number of benzene rings is 2. The zero-order valence-electron chi connectivity index (χ0n) is 17.7. The Kier molecular flexibility index (Phi) is 6.03. The summed E-state index contributed by atoms with van der Waals surface area (Å²) < 4.78 is 2.31. The number of hydrogen-bond acceptors (Lipinski definition) is 1. The van der Waals surface area contributed by atoms with E-state index in [4.69, 9.17) is 0 Å². The molecule has 2 heterocycles. The fourth-order valence-electron chi connectivity index (χ4n) is 4.55. The highest BCUT2D eigenvalue weighted by Gasteiger charge is 2.25. The number of carbonyl (C=O) groups is 1. The second-order valence-electron chi connectivity index (χ2n) is 8.51. The predicted octanol–water partition coefficient (Wildman–Crippen LogP) is 5.84. The lowest BCUT2D eigenvalue weighted by molar-refractivity contribution is 0.0690. The van der Waals surface area contributed by atoms with Gasteiger partial charge < -0.3 is 9.47 Å². The van der Waals surface area contributed by atoms with E-state index in [2.05, 4.69) is 78.0 Å². The third kappa shape index (κ3) is 4.39. The molecule has 29 heavy (non-hydrogen) atoms. The minimum Gasteiger partial charge on any atom is -0.347 e. The van der Waals surface area contributed by atoms with Gasteiger partial charge >= 0.3 is 0 Å². The molecule has 1 amide bonds. The van der Waals surface area contributed by atoms with Gasteiger partial charge in [0.05, 0.1) is 0 Å². The summed E-state index contributed by atoms with van der Waals surface area (Å²) in [6.45, 7) is 7.07.